The first kappa shape index (κ1) is 18.2. The monoisotopic (exact) mass is 329 g/mol. The lowest BCUT2D eigenvalue weighted by Crippen LogP contribution is -2.00. The Morgan fingerprint density at radius 2 is 1.43 bits per heavy atom. The van der Waals surface area contributed by atoms with Crippen LogP contribution in [0.15, 0.2) is 30.5 Å². The lowest BCUT2D eigenvalue weighted by molar-refractivity contribution is 0.577. The van der Waals surface area contributed by atoms with E-state index >= 15 is 0 Å². The van der Waals surface area contributed by atoms with Crippen molar-refractivity contribution >= 4 is 11.3 Å². The number of aromatic nitrogens is 1. The van der Waals surface area contributed by atoms with Crippen molar-refractivity contribution in [2.24, 2.45) is 0 Å². The molecule has 2 aromatic rings. The molecule has 0 bridgehead atoms. The fourth-order valence-corrected chi connectivity index (χ4v) is 3.90. The van der Waals surface area contributed by atoms with E-state index in [0.29, 0.717) is 23.7 Å². The summed E-state index contributed by atoms with van der Waals surface area (Å²) in [6, 6.07) is 9.08. The van der Waals surface area contributed by atoms with Gasteiger partial charge in [0.25, 0.3) is 0 Å². The van der Waals surface area contributed by atoms with Crippen molar-refractivity contribution in [3.05, 3.63) is 51.5 Å². The third-order valence-electron chi connectivity index (χ3n) is 4.70. The molecule has 0 aliphatic heterocycles. The predicted molar refractivity (Wildman–Crippen MR) is 103 cm³/mol. The van der Waals surface area contributed by atoms with E-state index in [-0.39, 0.29) is 0 Å². The molecule has 2 heteroatoms. The number of thiophene rings is 1. The Labute approximate surface area is 146 Å². The summed E-state index contributed by atoms with van der Waals surface area (Å²) >= 11 is 1.99. The van der Waals surface area contributed by atoms with E-state index < -0.39 is 0 Å². The molecular weight excluding hydrogens is 298 g/mol. The largest absolute Gasteiger partial charge is 0.261 e. The van der Waals surface area contributed by atoms with Gasteiger partial charge in [-0.3, -0.25) is 4.98 Å². The Morgan fingerprint density at radius 1 is 0.783 bits per heavy atom. The first-order valence-corrected chi connectivity index (χ1v) is 9.75. The molecule has 1 nitrogen and oxygen atoms in total. The van der Waals surface area contributed by atoms with Crippen LogP contribution in [0.4, 0.5) is 0 Å². The van der Waals surface area contributed by atoms with E-state index in [9.17, 15) is 0 Å². The fraction of sp³-hybridized carbons (Fsp3) is 0.571. The summed E-state index contributed by atoms with van der Waals surface area (Å²) in [5, 5.41) is 0. The zero-order chi connectivity index (χ0) is 17.0. The highest BCUT2D eigenvalue weighted by Crippen LogP contribution is 2.33. The van der Waals surface area contributed by atoms with Crippen LogP contribution in [0, 0.1) is 0 Å². The van der Waals surface area contributed by atoms with Crippen LogP contribution < -0.4 is 0 Å². The van der Waals surface area contributed by atoms with Crippen molar-refractivity contribution in [3.63, 3.8) is 0 Å². The van der Waals surface area contributed by atoms with Gasteiger partial charge in [0.2, 0.25) is 0 Å². The van der Waals surface area contributed by atoms with Gasteiger partial charge in [0.15, 0.2) is 0 Å². The Bertz CT molecular complexity index is 595. The minimum absolute atomic E-state index is 0.508. The van der Waals surface area contributed by atoms with E-state index in [1.165, 1.54) is 33.9 Å². The zero-order valence-electron chi connectivity index (χ0n) is 15.5. The van der Waals surface area contributed by atoms with Gasteiger partial charge in [-0.05, 0) is 60.3 Å². The molecule has 2 unspecified atom stereocenters. The second-order valence-corrected chi connectivity index (χ2v) is 8.59. The molecule has 0 radical (unpaired) electrons. The summed E-state index contributed by atoms with van der Waals surface area (Å²) in [5.74, 6) is 2.38. The van der Waals surface area contributed by atoms with E-state index in [0.717, 1.165) is 0 Å². The van der Waals surface area contributed by atoms with Gasteiger partial charge in [-0.2, -0.15) is 0 Å². The Balaban J connectivity index is 1.91. The summed E-state index contributed by atoms with van der Waals surface area (Å²) in [5.41, 5.74) is 2.56. The average Bonchev–Trinajstić information content (AvgIpc) is 3.02. The van der Waals surface area contributed by atoms with Gasteiger partial charge in [0, 0.05) is 21.6 Å². The van der Waals surface area contributed by atoms with Crippen LogP contribution >= 0.6 is 11.3 Å². The topological polar surface area (TPSA) is 12.9 Å². The lowest BCUT2D eigenvalue weighted by Gasteiger charge is -2.15. The van der Waals surface area contributed by atoms with Gasteiger partial charge in [-0.15, -0.1) is 11.3 Å². The normalized spacial score (nSPS) is 14.4. The number of hydrogen-bond acceptors (Lipinski definition) is 2. The maximum atomic E-state index is 4.61. The van der Waals surface area contributed by atoms with Crippen LogP contribution in [-0.2, 0) is 0 Å². The van der Waals surface area contributed by atoms with E-state index in [2.05, 4.69) is 77.0 Å². The van der Waals surface area contributed by atoms with Gasteiger partial charge >= 0.3 is 0 Å². The Morgan fingerprint density at radius 3 is 1.96 bits per heavy atom. The summed E-state index contributed by atoms with van der Waals surface area (Å²) in [6.45, 7) is 13.6. The fourth-order valence-electron chi connectivity index (χ4n) is 2.80. The van der Waals surface area contributed by atoms with Gasteiger partial charge in [-0.1, -0.05) is 47.6 Å². The molecule has 0 saturated carbocycles. The molecular formula is C21H31NS. The molecule has 0 aliphatic carbocycles. The minimum atomic E-state index is 0.508. The number of pyridine rings is 1. The number of nitrogens with zero attached hydrogens (tertiary/aromatic N) is 1. The van der Waals surface area contributed by atoms with E-state index in [4.69, 9.17) is 0 Å². The molecule has 0 saturated heterocycles. The van der Waals surface area contributed by atoms with Crippen LogP contribution in [0.2, 0.25) is 0 Å². The SMILES string of the molecule is CC(C)c1ccc(C(C)CCC(C)c2ccc(C(C)C)s2)cn1. The first-order valence-electron chi connectivity index (χ1n) is 8.94. The molecule has 2 rings (SSSR count). The molecule has 0 N–H and O–H groups in total. The molecule has 2 heterocycles. The van der Waals surface area contributed by atoms with Crippen LogP contribution in [0.3, 0.4) is 0 Å². The van der Waals surface area contributed by atoms with Crippen LogP contribution in [0.1, 0.15) is 99.1 Å². The van der Waals surface area contributed by atoms with Crippen molar-refractivity contribution in [2.45, 2.75) is 78.1 Å². The molecule has 2 atom stereocenters. The first-order chi connectivity index (χ1) is 10.9. The molecule has 0 fully saturated rings. The maximum Gasteiger partial charge on any atom is 0.0429 e. The highest BCUT2D eigenvalue weighted by Gasteiger charge is 2.13. The zero-order valence-corrected chi connectivity index (χ0v) is 16.3. The molecule has 0 amide bonds. The van der Waals surface area contributed by atoms with E-state index in [1.807, 2.05) is 11.3 Å². The summed E-state index contributed by atoms with van der Waals surface area (Å²) in [6.07, 6.45) is 4.54. The van der Waals surface area contributed by atoms with Crippen LogP contribution in [0.5, 0.6) is 0 Å². The smallest absolute Gasteiger partial charge is 0.0429 e. The predicted octanol–water partition coefficient (Wildman–Crippen LogP) is 7.08. The van der Waals surface area contributed by atoms with Crippen molar-refractivity contribution in [1.82, 2.24) is 4.98 Å². The van der Waals surface area contributed by atoms with E-state index in [1.54, 1.807) is 0 Å². The Hall–Kier alpha value is -1.15. The van der Waals surface area contributed by atoms with Crippen molar-refractivity contribution in [2.75, 3.05) is 0 Å². The third-order valence-corrected chi connectivity index (χ3v) is 6.32. The summed E-state index contributed by atoms with van der Waals surface area (Å²) < 4.78 is 0. The summed E-state index contributed by atoms with van der Waals surface area (Å²) in [7, 11) is 0. The quantitative estimate of drug-likeness (QED) is 0.529. The molecule has 126 valence electrons. The molecule has 0 aliphatic rings. The molecule has 0 spiro atoms. The number of rotatable bonds is 7. The van der Waals surface area contributed by atoms with Crippen molar-refractivity contribution in [1.29, 1.82) is 0 Å². The minimum Gasteiger partial charge on any atom is -0.261 e. The average molecular weight is 330 g/mol. The number of hydrogen-bond donors (Lipinski definition) is 0. The van der Waals surface area contributed by atoms with Gasteiger partial charge in [0.05, 0.1) is 0 Å². The third kappa shape index (κ3) is 4.91. The van der Waals surface area contributed by atoms with Crippen LogP contribution in [0.25, 0.3) is 0 Å². The Kier molecular flexibility index (Phi) is 6.41. The van der Waals surface area contributed by atoms with Gasteiger partial charge in [0.1, 0.15) is 0 Å². The molecule has 2 aromatic heterocycles. The summed E-state index contributed by atoms with van der Waals surface area (Å²) in [4.78, 5) is 7.65. The second-order valence-electron chi connectivity index (χ2n) is 7.45. The molecule has 0 aromatic carbocycles. The standard InChI is InChI=1S/C21H31NS/c1-14(2)19-10-9-18(13-22-19)16(5)7-8-17(6)21-12-11-20(23-21)15(3)4/h9-17H,7-8H2,1-6H3. The van der Waals surface area contributed by atoms with Gasteiger partial charge in [-0.25, -0.2) is 0 Å². The lowest BCUT2D eigenvalue weighted by atomic mass is 9.92. The molecule has 23 heavy (non-hydrogen) atoms. The van der Waals surface area contributed by atoms with Gasteiger partial charge < -0.3 is 0 Å². The highest BCUT2D eigenvalue weighted by molar-refractivity contribution is 7.12. The second kappa shape index (κ2) is 8.10. The van der Waals surface area contributed by atoms with Crippen molar-refractivity contribution < 1.29 is 0 Å². The van der Waals surface area contributed by atoms with Crippen LogP contribution in [-0.4, -0.2) is 4.98 Å². The maximum absolute atomic E-state index is 4.61. The highest BCUT2D eigenvalue weighted by atomic mass is 32.1. The van der Waals surface area contributed by atoms with Crippen molar-refractivity contribution in [3.8, 4) is 0 Å².